The zero-order valence-corrected chi connectivity index (χ0v) is 14.8. The summed E-state index contributed by atoms with van der Waals surface area (Å²) < 4.78 is 6.04. The van der Waals surface area contributed by atoms with E-state index in [4.69, 9.17) is 4.74 Å². The Bertz CT molecular complexity index is 714. The van der Waals surface area contributed by atoms with Crippen LogP contribution in [0.25, 0.3) is 11.1 Å². The van der Waals surface area contributed by atoms with Crippen LogP contribution in [0.4, 0.5) is 0 Å². The second-order valence-corrected chi connectivity index (χ2v) is 6.01. The Morgan fingerprint density at radius 2 is 1.83 bits per heavy atom. The molecule has 0 aliphatic rings. The van der Waals surface area contributed by atoms with Gasteiger partial charge in [-0.15, -0.1) is 0 Å². The van der Waals surface area contributed by atoms with Gasteiger partial charge in [0.25, 0.3) is 0 Å². The molecular formula is C21H26O2. The van der Waals surface area contributed by atoms with Gasteiger partial charge in [-0.05, 0) is 55.9 Å². The number of benzene rings is 2. The molecule has 2 aromatic rings. The van der Waals surface area contributed by atoms with Gasteiger partial charge < -0.3 is 4.74 Å². The molecule has 0 saturated heterocycles. The van der Waals surface area contributed by atoms with Crippen molar-refractivity contribution >= 4 is 5.78 Å². The van der Waals surface area contributed by atoms with Crippen molar-refractivity contribution in [3.05, 3.63) is 52.6 Å². The van der Waals surface area contributed by atoms with Gasteiger partial charge in [-0.3, -0.25) is 4.79 Å². The lowest BCUT2D eigenvalue weighted by Crippen LogP contribution is -2.02. The van der Waals surface area contributed by atoms with E-state index in [0.717, 1.165) is 40.8 Å². The fourth-order valence-corrected chi connectivity index (χ4v) is 2.80. The van der Waals surface area contributed by atoms with E-state index in [1.54, 1.807) is 6.92 Å². The van der Waals surface area contributed by atoms with Gasteiger partial charge in [0.2, 0.25) is 0 Å². The third kappa shape index (κ3) is 3.64. The first-order chi connectivity index (χ1) is 11.0. The zero-order chi connectivity index (χ0) is 17.0. The molecule has 0 heterocycles. The van der Waals surface area contributed by atoms with E-state index in [1.165, 1.54) is 11.1 Å². The van der Waals surface area contributed by atoms with Crippen LogP contribution < -0.4 is 4.74 Å². The van der Waals surface area contributed by atoms with Crippen LogP contribution in [-0.4, -0.2) is 12.4 Å². The van der Waals surface area contributed by atoms with E-state index >= 15 is 0 Å². The molecule has 0 amide bonds. The predicted octanol–water partition coefficient (Wildman–Crippen LogP) is 5.52. The number of ether oxygens (including phenoxy) is 1. The molecule has 0 N–H and O–H groups in total. The molecule has 0 fully saturated rings. The fourth-order valence-electron chi connectivity index (χ4n) is 2.80. The van der Waals surface area contributed by atoms with Crippen molar-refractivity contribution in [2.45, 2.75) is 47.5 Å². The highest BCUT2D eigenvalue weighted by atomic mass is 16.5. The van der Waals surface area contributed by atoms with Gasteiger partial charge in [0.15, 0.2) is 5.78 Å². The number of carbonyl (C=O) groups excluding carboxylic acids is 1. The molecule has 0 aliphatic carbocycles. The maximum absolute atomic E-state index is 11.8. The monoisotopic (exact) mass is 310 g/mol. The summed E-state index contributed by atoms with van der Waals surface area (Å²) >= 11 is 0. The van der Waals surface area contributed by atoms with E-state index < -0.39 is 0 Å². The lowest BCUT2D eigenvalue weighted by atomic mass is 9.93. The van der Waals surface area contributed by atoms with Gasteiger partial charge in [0.1, 0.15) is 5.75 Å². The molecule has 0 saturated carbocycles. The van der Waals surface area contributed by atoms with Crippen molar-refractivity contribution < 1.29 is 9.53 Å². The standard InChI is InChI=1S/C21H26O2/c1-6-12-23-21-15(4)14(3)8-10-20(21)18-9-11-19(16(5)22)17(7-2)13-18/h8-11,13H,6-7,12H2,1-5H3. The minimum Gasteiger partial charge on any atom is -0.493 e. The molecule has 2 nitrogen and oxygen atoms in total. The molecular weight excluding hydrogens is 284 g/mol. The molecule has 0 aromatic heterocycles. The molecule has 23 heavy (non-hydrogen) atoms. The second kappa shape index (κ2) is 7.45. The Kier molecular flexibility index (Phi) is 5.59. The number of hydrogen-bond acceptors (Lipinski definition) is 2. The van der Waals surface area contributed by atoms with Crippen LogP contribution in [0.2, 0.25) is 0 Å². The highest BCUT2D eigenvalue weighted by Crippen LogP contribution is 2.36. The Morgan fingerprint density at radius 3 is 2.43 bits per heavy atom. The van der Waals surface area contributed by atoms with Gasteiger partial charge in [-0.25, -0.2) is 0 Å². The van der Waals surface area contributed by atoms with Crippen LogP contribution in [0, 0.1) is 13.8 Å². The topological polar surface area (TPSA) is 26.3 Å². The van der Waals surface area contributed by atoms with E-state index in [2.05, 4.69) is 45.9 Å². The summed E-state index contributed by atoms with van der Waals surface area (Å²) in [4.78, 5) is 11.8. The van der Waals surface area contributed by atoms with E-state index in [9.17, 15) is 4.79 Å². The number of hydrogen-bond donors (Lipinski definition) is 0. The van der Waals surface area contributed by atoms with Crippen molar-refractivity contribution in [2.75, 3.05) is 6.61 Å². The Hall–Kier alpha value is -2.09. The van der Waals surface area contributed by atoms with Crippen molar-refractivity contribution in [3.8, 4) is 16.9 Å². The number of carbonyl (C=O) groups is 1. The summed E-state index contributed by atoms with van der Waals surface area (Å²) in [6.07, 6.45) is 1.83. The normalized spacial score (nSPS) is 10.7. The van der Waals surface area contributed by atoms with Crippen molar-refractivity contribution in [1.82, 2.24) is 0 Å². The molecule has 2 heteroatoms. The van der Waals surface area contributed by atoms with Gasteiger partial charge in [-0.2, -0.15) is 0 Å². The maximum Gasteiger partial charge on any atom is 0.160 e. The summed E-state index contributed by atoms with van der Waals surface area (Å²) in [6.45, 7) is 10.7. The average Bonchev–Trinajstić information content (AvgIpc) is 2.55. The number of ketones is 1. The lowest BCUT2D eigenvalue weighted by Gasteiger charge is -2.17. The fraction of sp³-hybridized carbons (Fsp3) is 0.381. The van der Waals surface area contributed by atoms with Gasteiger partial charge >= 0.3 is 0 Å². The Morgan fingerprint density at radius 1 is 1.09 bits per heavy atom. The summed E-state index contributed by atoms with van der Waals surface area (Å²) in [5, 5.41) is 0. The number of rotatable bonds is 6. The van der Waals surface area contributed by atoms with Crippen molar-refractivity contribution in [3.63, 3.8) is 0 Å². The van der Waals surface area contributed by atoms with Gasteiger partial charge in [-0.1, -0.05) is 44.2 Å². The SMILES string of the molecule is CCCOc1c(-c2ccc(C(C)=O)c(CC)c2)ccc(C)c1C. The molecule has 0 atom stereocenters. The van der Waals surface area contributed by atoms with E-state index in [0.29, 0.717) is 6.61 Å². The molecule has 0 radical (unpaired) electrons. The Balaban J connectivity index is 2.57. The smallest absolute Gasteiger partial charge is 0.160 e. The van der Waals surface area contributed by atoms with E-state index in [1.807, 2.05) is 12.1 Å². The zero-order valence-electron chi connectivity index (χ0n) is 14.8. The molecule has 2 aromatic carbocycles. The lowest BCUT2D eigenvalue weighted by molar-refractivity contribution is 0.101. The number of Topliss-reactive ketones (excluding diaryl/α,β-unsaturated/α-hetero) is 1. The van der Waals surface area contributed by atoms with Crippen LogP contribution in [0.15, 0.2) is 30.3 Å². The predicted molar refractivity (Wildman–Crippen MR) is 96.5 cm³/mol. The van der Waals surface area contributed by atoms with Crippen LogP contribution in [-0.2, 0) is 6.42 Å². The third-order valence-electron chi connectivity index (χ3n) is 4.30. The summed E-state index contributed by atoms with van der Waals surface area (Å²) in [7, 11) is 0. The van der Waals surface area contributed by atoms with Crippen LogP contribution in [0.3, 0.4) is 0 Å². The minimum absolute atomic E-state index is 0.121. The van der Waals surface area contributed by atoms with Crippen molar-refractivity contribution in [2.24, 2.45) is 0 Å². The summed E-state index contributed by atoms with van der Waals surface area (Å²) in [5.41, 5.74) is 6.54. The molecule has 0 spiro atoms. The van der Waals surface area contributed by atoms with Crippen LogP contribution in [0.5, 0.6) is 5.75 Å². The molecule has 122 valence electrons. The average molecular weight is 310 g/mol. The summed E-state index contributed by atoms with van der Waals surface area (Å²) in [6, 6.07) is 10.3. The molecule has 2 rings (SSSR count). The minimum atomic E-state index is 0.121. The van der Waals surface area contributed by atoms with Gasteiger partial charge in [0.05, 0.1) is 6.61 Å². The van der Waals surface area contributed by atoms with Crippen LogP contribution >= 0.6 is 0 Å². The highest BCUT2D eigenvalue weighted by molar-refractivity contribution is 5.96. The quantitative estimate of drug-likeness (QED) is 0.656. The largest absolute Gasteiger partial charge is 0.493 e. The van der Waals surface area contributed by atoms with E-state index in [-0.39, 0.29) is 5.78 Å². The van der Waals surface area contributed by atoms with Crippen LogP contribution in [0.1, 0.15) is 54.2 Å². The molecule has 0 aliphatic heterocycles. The Labute approximate surface area is 139 Å². The maximum atomic E-state index is 11.8. The number of aryl methyl sites for hydroxylation is 2. The third-order valence-corrected chi connectivity index (χ3v) is 4.30. The van der Waals surface area contributed by atoms with Gasteiger partial charge in [0, 0.05) is 11.1 Å². The first kappa shape index (κ1) is 17.3. The summed E-state index contributed by atoms with van der Waals surface area (Å²) in [5.74, 6) is 1.08. The molecule has 0 bridgehead atoms. The second-order valence-electron chi connectivity index (χ2n) is 6.01. The van der Waals surface area contributed by atoms with Crippen molar-refractivity contribution in [1.29, 1.82) is 0 Å². The first-order valence-corrected chi connectivity index (χ1v) is 8.36. The highest BCUT2D eigenvalue weighted by Gasteiger charge is 2.14. The molecule has 0 unspecified atom stereocenters. The first-order valence-electron chi connectivity index (χ1n) is 8.36.